The highest BCUT2D eigenvalue weighted by Gasteiger charge is 2.33. The lowest BCUT2D eigenvalue weighted by molar-refractivity contribution is -0.703. The molecule has 2 aromatic heterocycles. The third kappa shape index (κ3) is 5.72. The molecule has 0 unspecified atom stereocenters. The van der Waals surface area contributed by atoms with Crippen LogP contribution in [0.15, 0.2) is 22.8 Å². The minimum atomic E-state index is -1.88. The summed E-state index contributed by atoms with van der Waals surface area (Å²) in [6.07, 6.45) is 8.46. The average molecular weight is 478 g/mol. The van der Waals surface area contributed by atoms with Crippen LogP contribution in [0.2, 0.25) is 0 Å². The van der Waals surface area contributed by atoms with E-state index in [1.807, 2.05) is 18.4 Å². The zero-order valence-electron chi connectivity index (χ0n) is 13.6. The molecular formula is C15H13Cl6N4O+. The van der Waals surface area contributed by atoms with Gasteiger partial charge in [0.2, 0.25) is 13.3 Å². The van der Waals surface area contributed by atoms with Crippen molar-refractivity contribution in [1.29, 1.82) is 0 Å². The van der Waals surface area contributed by atoms with Crippen molar-refractivity contribution in [1.82, 2.24) is 15.0 Å². The first-order chi connectivity index (χ1) is 12.0. The van der Waals surface area contributed by atoms with Crippen LogP contribution in [0.4, 0.5) is 0 Å². The lowest BCUT2D eigenvalue weighted by atomic mass is 10.4. The first-order valence-electron chi connectivity index (χ1n) is 7.25. The Hall–Kier alpha value is -0.560. The van der Waals surface area contributed by atoms with Crippen LogP contribution in [-0.4, -0.2) is 15.0 Å². The fourth-order valence-electron chi connectivity index (χ4n) is 1.98. The van der Waals surface area contributed by atoms with Gasteiger partial charge in [0.25, 0.3) is 0 Å². The second-order valence-electron chi connectivity index (χ2n) is 5.01. The Morgan fingerprint density at radius 1 is 0.962 bits per heavy atom. The molecule has 0 spiro atoms. The number of allylic oxidation sites excluding steroid dienone is 2. The maximum absolute atomic E-state index is 5.83. The van der Waals surface area contributed by atoms with E-state index >= 15 is 0 Å². The summed E-state index contributed by atoms with van der Waals surface area (Å²) in [6.45, 7) is 4.77. The highest BCUT2D eigenvalue weighted by atomic mass is 35.6. The molecule has 0 fully saturated rings. The van der Waals surface area contributed by atoms with E-state index < -0.39 is 7.59 Å². The topological polar surface area (TPSA) is 55.7 Å². The molecule has 2 aromatic rings. The number of halogens is 6. The average Bonchev–Trinajstić information content (AvgIpc) is 2.89. The van der Waals surface area contributed by atoms with Gasteiger partial charge in [-0.15, -0.1) is 0 Å². The van der Waals surface area contributed by atoms with E-state index in [0.717, 1.165) is 12.2 Å². The molecule has 0 atom stereocenters. The van der Waals surface area contributed by atoms with Crippen LogP contribution in [0.3, 0.4) is 0 Å². The van der Waals surface area contributed by atoms with E-state index in [4.69, 9.17) is 74.0 Å². The highest BCUT2D eigenvalue weighted by molar-refractivity contribution is 6.67. The summed E-state index contributed by atoms with van der Waals surface area (Å²) in [4.78, 5) is 12.0. The lowest BCUT2D eigenvalue weighted by Gasteiger charge is -2.14. The van der Waals surface area contributed by atoms with Gasteiger partial charge in [0.15, 0.2) is 23.7 Å². The van der Waals surface area contributed by atoms with Crippen LogP contribution < -0.4 is 4.57 Å². The minimum Gasteiger partial charge on any atom is -0.406 e. The number of aromatic nitrogens is 4. The summed E-state index contributed by atoms with van der Waals surface area (Å²) in [6, 6.07) is 0. The molecule has 2 rings (SSSR count). The van der Waals surface area contributed by atoms with E-state index in [1.54, 1.807) is 30.6 Å². The third-order valence-corrected chi connectivity index (χ3v) is 4.13. The van der Waals surface area contributed by atoms with Gasteiger partial charge in [-0.1, -0.05) is 81.8 Å². The number of hydrogen-bond acceptors (Lipinski definition) is 4. The Labute approximate surface area is 180 Å². The van der Waals surface area contributed by atoms with Crippen molar-refractivity contribution in [2.75, 3.05) is 0 Å². The van der Waals surface area contributed by atoms with Gasteiger partial charge in [-0.2, -0.15) is 4.57 Å². The van der Waals surface area contributed by atoms with E-state index in [0.29, 0.717) is 5.89 Å². The fourth-order valence-corrected chi connectivity index (χ4v) is 2.49. The Bertz CT molecular complexity index is 803. The molecule has 5 nitrogen and oxygen atoms in total. The molecule has 2 heterocycles. The molecule has 0 radical (unpaired) electrons. The second kappa shape index (κ2) is 8.63. The largest absolute Gasteiger partial charge is 0.406 e. The molecule has 0 aliphatic heterocycles. The van der Waals surface area contributed by atoms with Crippen LogP contribution in [0.5, 0.6) is 0 Å². The van der Waals surface area contributed by atoms with E-state index in [9.17, 15) is 0 Å². The normalized spacial score (nSPS) is 13.2. The maximum Gasteiger partial charge on any atom is 0.373 e. The molecule has 26 heavy (non-hydrogen) atoms. The summed E-state index contributed by atoms with van der Waals surface area (Å²) in [5.41, 5.74) is 1.02. The number of alkyl halides is 6. The van der Waals surface area contributed by atoms with Gasteiger partial charge >= 0.3 is 5.89 Å². The molecule has 0 aromatic carbocycles. The standard InChI is InChI=1S/C15H13Cl6N4O/c1-3-25-9(2)8-26-11(25)7-5-4-6-10-22-12(14(16,17)18)24-13(23-10)15(19,20)21/h4-8H,3H2,1-2H3/q+1. The van der Waals surface area contributed by atoms with Crippen molar-refractivity contribution >= 4 is 81.8 Å². The first-order valence-corrected chi connectivity index (χ1v) is 9.52. The number of aryl methyl sites for hydroxylation is 1. The van der Waals surface area contributed by atoms with Crippen LogP contribution in [-0.2, 0) is 14.1 Å². The molecule has 0 aliphatic carbocycles. The highest BCUT2D eigenvalue weighted by Crippen LogP contribution is 2.39. The quantitative estimate of drug-likeness (QED) is 0.333. The van der Waals surface area contributed by atoms with Gasteiger partial charge in [0.1, 0.15) is 6.54 Å². The number of oxazole rings is 1. The van der Waals surface area contributed by atoms with Gasteiger partial charge in [0, 0.05) is 6.92 Å². The van der Waals surface area contributed by atoms with Crippen LogP contribution in [0, 0.1) is 6.92 Å². The third-order valence-electron chi connectivity index (χ3n) is 3.11. The summed E-state index contributed by atoms with van der Waals surface area (Å²) in [5, 5.41) is 0. The van der Waals surface area contributed by atoms with Crippen molar-refractivity contribution in [3.8, 4) is 0 Å². The molecule has 0 saturated carbocycles. The summed E-state index contributed by atoms with van der Waals surface area (Å²) >= 11 is 35.0. The van der Waals surface area contributed by atoms with Crippen molar-refractivity contribution in [2.24, 2.45) is 0 Å². The maximum atomic E-state index is 5.83. The second-order valence-corrected chi connectivity index (χ2v) is 9.58. The van der Waals surface area contributed by atoms with E-state index in [-0.39, 0.29) is 17.5 Å². The zero-order chi connectivity index (χ0) is 19.5. The molecule has 11 heteroatoms. The van der Waals surface area contributed by atoms with Crippen LogP contribution >= 0.6 is 69.6 Å². The Kier molecular flexibility index (Phi) is 7.22. The Morgan fingerprint density at radius 3 is 2.00 bits per heavy atom. The van der Waals surface area contributed by atoms with Gasteiger partial charge in [-0.25, -0.2) is 15.0 Å². The van der Waals surface area contributed by atoms with Crippen molar-refractivity contribution in [3.05, 3.63) is 47.5 Å². The SMILES string of the molecule is CC[n+]1c(C)coc1C=CC=Cc1nc(C(Cl)(Cl)Cl)nc(C(Cl)(Cl)Cl)n1. The predicted octanol–water partition coefficient (Wildman–Crippen LogP) is 5.46. The number of rotatable bonds is 4. The predicted molar refractivity (Wildman–Crippen MR) is 106 cm³/mol. The summed E-state index contributed by atoms with van der Waals surface area (Å²) in [5.74, 6) is 0.585. The van der Waals surface area contributed by atoms with Gasteiger partial charge < -0.3 is 4.42 Å². The Balaban J connectivity index is 2.30. The zero-order valence-corrected chi connectivity index (χ0v) is 18.1. The van der Waals surface area contributed by atoms with E-state index in [2.05, 4.69) is 15.0 Å². The smallest absolute Gasteiger partial charge is 0.373 e. The number of nitrogens with zero attached hydrogens (tertiary/aromatic N) is 4. The first kappa shape index (κ1) is 21.7. The van der Waals surface area contributed by atoms with Crippen molar-refractivity contribution < 1.29 is 8.98 Å². The van der Waals surface area contributed by atoms with Crippen LogP contribution in [0.25, 0.3) is 12.2 Å². The molecule has 0 bridgehead atoms. The van der Waals surface area contributed by atoms with Crippen LogP contribution in [0.1, 0.15) is 36.0 Å². The van der Waals surface area contributed by atoms with Crippen molar-refractivity contribution in [2.45, 2.75) is 28.0 Å². The summed E-state index contributed by atoms with van der Waals surface area (Å²) in [7, 11) is 0. The minimum absolute atomic E-state index is 0.145. The molecule has 140 valence electrons. The molecule has 0 N–H and O–H groups in total. The molecule has 0 aliphatic rings. The fraction of sp³-hybridized carbons (Fsp3) is 0.333. The number of hydrogen-bond donors (Lipinski definition) is 0. The van der Waals surface area contributed by atoms with Crippen molar-refractivity contribution in [3.63, 3.8) is 0 Å². The van der Waals surface area contributed by atoms with Gasteiger partial charge in [0.05, 0.1) is 6.08 Å². The molecule has 0 saturated heterocycles. The Morgan fingerprint density at radius 2 is 1.50 bits per heavy atom. The molecular weight excluding hydrogens is 465 g/mol. The van der Waals surface area contributed by atoms with E-state index in [1.165, 1.54) is 0 Å². The molecule has 0 amide bonds. The monoisotopic (exact) mass is 475 g/mol. The van der Waals surface area contributed by atoms with Gasteiger partial charge in [-0.05, 0) is 13.0 Å². The summed E-state index contributed by atoms with van der Waals surface area (Å²) < 4.78 is 3.70. The van der Waals surface area contributed by atoms with Gasteiger partial charge in [-0.3, -0.25) is 0 Å². The lowest BCUT2D eigenvalue weighted by Crippen LogP contribution is -2.35.